The summed E-state index contributed by atoms with van der Waals surface area (Å²) in [5.41, 5.74) is 7.58. The van der Waals surface area contributed by atoms with Crippen LogP contribution in [0.3, 0.4) is 0 Å². The van der Waals surface area contributed by atoms with E-state index in [4.69, 9.17) is 27.3 Å². The minimum atomic E-state index is 0.320. The van der Waals surface area contributed by atoms with Crippen LogP contribution >= 0.6 is 11.6 Å². The number of benzene rings is 2. The highest BCUT2D eigenvalue weighted by Gasteiger charge is 2.09. The van der Waals surface area contributed by atoms with Gasteiger partial charge in [0.25, 0.3) is 0 Å². The topological polar surface area (TPSA) is 59.0 Å². The van der Waals surface area contributed by atoms with Gasteiger partial charge in [0.2, 0.25) is 0 Å². The first-order valence-electron chi connectivity index (χ1n) is 5.34. The zero-order valence-electron chi connectivity index (χ0n) is 9.77. The van der Waals surface area contributed by atoms with Crippen LogP contribution in [0.25, 0.3) is 0 Å². The van der Waals surface area contributed by atoms with Gasteiger partial charge in [0, 0.05) is 11.8 Å². The Morgan fingerprint density at radius 1 is 1.22 bits per heavy atom. The summed E-state index contributed by atoms with van der Waals surface area (Å²) in [4.78, 5) is 0. The second-order valence-electron chi connectivity index (χ2n) is 3.85. The van der Waals surface area contributed by atoms with E-state index in [0.29, 0.717) is 27.8 Å². The van der Waals surface area contributed by atoms with Crippen LogP contribution in [0.5, 0.6) is 11.5 Å². The molecule has 0 fully saturated rings. The van der Waals surface area contributed by atoms with Gasteiger partial charge < -0.3 is 10.5 Å². The van der Waals surface area contributed by atoms with Gasteiger partial charge in [0.15, 0.2) is 0 Å². The Labute approximate surface area is 110 Å². The summed E-state index contributed by atoms with van der Waals surface area (Å²) in [7, 11) is 0. The molecule has 3 nitrogen and oxygen atoms in total. The third kappa shape index (κ3) is 2.39. The Balaban J connectivity index is 2.44. The lowest BCUT2D eigenvalue weighted by Crippen LogP contribution is -1.93. The summed E-state index contributed by atoms with van der Waals surface area (Å²) < 4.78 is 5.71. The molecule has 0 saturated heterocycles. The van der Waals surface area contributed by atoms with Gasteiger partial charge in [0.1, 0.15) is 23.1 Å². The molecule has 2 aromatic carbocycles. The van der Waals surface area contributed by atoms with Crippen molar-refractivity contribution in [3.8, 4) is 17.6 Å². The number of hydrogen-bond acceptors (Lipinski definition) is 3. The number of nitrogens with zero attached hydrogens (tertiary/aromatic N) is 1. The second-order valence-corrected chi connectivity index (χ2v) is 4.26. The van der Waals surface area contributed by atoms with Crippen molar-refractivity contribution in [3.05, 3.63) is 52.5 Å². The monoisotopic (exact) mass is 258 g/mol. The molecule has 0 spiro atoms. The zero-order valence-corrected chi connectivity index (χ0v) is 10.5. The van der Waals surface area contributed by atoms with Gasteiger partial charge in [-0.25, -0.2) is 0 Å². The molecule has 0 aliphatic carbocycles. The van der Waals surface area contributed by atoms with Crippen molar-refractivity contribution in [2.75, 3.05) is 5.73 Å². The van der Waals surface area contributed by atoms with Crippen molar-refractivity contribution in [3.63, 3.8) is 0 Å². The fraction of sp³-hybridized carbons (Fsp3) is 0.0714. The first-order valence-corrected chi connectivity index (χ1v) is 5.72. The van der Waals surface area contributed by atoms with Crippen molar-refractivity contribution >= 4 is 17.3 Å². The van der Waals surface area contributed by atoms with Gasteiger partial charge >= 0.3 is 0 Å². The normalized spacial score (nSPS) is 9.83. The van der Waals surface area contributed by atoms with Crippen LogP contribution in [0.15, 0.2) is 36.4 Å². The van der Waals surface area contributed by atoms with Crippen molar-refractivity contribution in [1.82, 2.24) is 0 Å². The largest absolute Gasteiger partial charge is 0.456 e. The molecule has 2 rings (SSSR count). The van der Waals surface area contributed by atoms with Gasteiger partial charge in [-0.3, -0.25) is 0 Å². The highest BCUT2D eigenvalue weighted by molar-refractivity contribution is 6.31. The molecule has 0 aliphatic rings. The van der Waals surface area contributed by atoms with Crippen molar-refractivity contribution < 1.29 is 4.74 Å². The molecular weight excluding hydrogens is 248 g/mol. The van der Waals surface area contributed by atoms with E-state index in [1.807, 2.05) is 19.1 Å². The maximum Gasteiger partial charge on any atom is 0.146 e. The summed E-state index contributed by atoms with van der Waals surface area (Å²) in [6.07, 6.45) is 0. The van der Waals surface area contributed by atoms with Gasteiger partial charge in [-0.2, -0.15) is 5.26 Å². The molecule has 0 heterocycles. The maximum atomic E-state index is 9.06. The molecule has 0 bridgehead atoms. The molecule has 0 saturated carbocycles. The lowest BCUT2D eigenvalue weighted by Gasteiger charge is -2.11. The minimum Gasteiger partial charge on any atom is -0.456 e. The van der Waals surface area contributed by atoms with Crippen LogP contribution in [0.4, 0.5) is 5.69 Å². The Kier molecular flexibility index (Phi) is 3.40. The molecule has 0 aliphatic heterocycles. The number of hydrogen-bond donors (Lipinski definition) is 1. The molecule has 0 radical (unpaired) electrons. The summed E-state index contributed by atoms with van der Waals surface area (Å²) in [6, 6.07) is 12.5. The molecule has 4 heteroatoms. The molecule has 0 atom stereocenters. The molecule has 2 N–H and O–H groups in total. The molecule has 90 valence electrons. The van der Waals surface area contributed by atoms with Crippen LogP contribution in [-0.4, -0.2) is 0 Å². The number of ether oxygens (including phenoxy) is 1. The SMILES string of the molecule is Cc1ccc(N)cc1Oc1cccc(Cl)c1C#N. The highest BCUT2D eigenvalue weighted by Crippen LogP contribution is 2.32. The molecule has 0 amide bonds. The average Bonchev–Trinajstić information content (AvgIpc) is 2.34. The quantitative estimate of drug-likeness (QED) is 0.831. The maximum absolute atomic E-state index is 9.06. The first kappa shape index (κ1) is 12.3. The third-order valence-electron chi connectivity index (χ3n) is 2.52. The van der Waals surface area contributed by atoms with E-state index >= 15 is 0 Å². The van der Waals surface area contributed by atoms with Crippen LogP contribution in [0.2, 0.25) is 5.02 Å². The Morgan fingerprint density at radius 3 is 2.72 bits per heavy atom. The van der Waals surface area contributed by atoms with Crippen molar-refractivity contribution in [2.45, 2.75) is 6.92 Å². The number of nitriles is 1. The number of nitrogen functional groups attached to an aromatic ring is 1. The van der Waals surface area contributed by atoms with Crippen LogP contribution in [-0.2, 0) is 0 Å². The molecule has 0 unspecified atom stereocenters. The smallest absolute Gasteiger partial charge is 0.146 e. The predicted octanol–water partition coefficient (Wildman–Crippen LogP) is 3.89. The van der Waals surface area contributed by atoms with E-state index in [0.717, 1.165) is 5.56 Å². The van der Waals surface area contributed by atoms with E-state index in [-0.39, 0.29) is 0 Å². The van der Waals surface area contributed by atoms with E-state index in [1.54, 1.807) is 30.3 Å². The third-order valence-corrected chi connectivity index (χ3v) is 2.83. The first-order chi connectivity index (χ1) is 8.61. The molecular formula is C14H11ClN2O. The van der Waals surface area contributed by atoms with Crippen LogP contribution < -0.4 is 10.5 Å². The van der Waals surface area contributed by atoms with Gasteiger partial charge in [-0.1, -0.05) is 23.7 Å². The van der Waals surface area contributed by atoms with Crippen molar-refractivity contribution in [1.29, 1.82) is 5.26 Å². The van der Waals surface area contributed by atoms with Gasteiger partial charge in [-0.05, 0) is 30.7 Å². The van der Waals surface area contributed by atoms with E-state index in [9.17, 15) is 0 Å². The Bertz CT molecular complexity index is 632. The average molecular weight is 259 g/mol. The molecule has 18 heavy (non-hydrogen) atoms. The summed E-state index contributed by atoms with van der Waals surface area (Å²) in [5, 5.41) is 9.43. The number of aryl methyl sites for hydroxylation is 1. The summed E-state index contributed by atoms with van der Waals surface area (Å²) >= 11 is 5.94. The van der Waals surface area contributed by atoms with Crippen LogP contribution in [0, 0.1) is 18.3 Å². The fourth-order valence-electron chi connectivity index (χ4n) is 1.54. The number of anilines is 1. The van der Waals surface area contributed by atoms with Crippen LogP contribution in [0.1, 0.15) is 11.1 Å². The fourth-order valence-corrected chi connectivity index (χ4v) is 1.75. The lowest BCUT2D eigenvalue weighted by molar-refractivity contribution is 0.477. The standard InChI is InChI=1S/C14H11ClN2O/c1-9-5-6-10(17)7-14(9)18-13-4-2-3-12(15)11(13)8-16/h2-7H,17H2,1H3. The van der Waals surface area contributed by atoms with Gasteiger partial charge in [-0.15, -0.1) is 0 Å². The highest BCUT2D eigenvalue weighted by atomic mass is 35.5. The predicted molar refractivity (Wildman–Crippen MR) is 71.8 cm³/mol. The minimum absolute atomic E-state index is 0.320. The number of nitrogens with two attached hydrogens (primary N) is 1. The summed E-state index contributed by atoms with van der Waals surface area (Å²) in [5.74, 6) is 1.05. The Morgan fingerprint density at radius 2 is 2.00 bits per heavy atom. The number of rotatable bonds is 2. The molecule has 0 aromatic heterocycles. The van der Waals surface area contributed by atoms with E-state index < -0.39 is 0 Å². The van der Waals surface area contributed by atoms with Gasteiger partial charge in [0.05, 0.1) is 5.02 Å². The molecule has 2 aromatic rings. The Hall–Kier alpha value is -2.18. The summed E-state index contributed by atoms with van der Waals surface area (Å²) in [6.45, 7) is 1.91. The lowest BCUT2D eigenvalue weighted by atomic mass is 10.2. The van der Waals surface area contributed by atoms with E-state index in [1.165, 1.54) is 0 Å². The van der Waals surface area contributed by atoms with Crippen molar-refractivity contribution in [2.24, 2.45) is 0 Å². The zero-order chi connectivity index (χ0) is 13.1. The number of halogens is 1. The van der Waals surface area contributed by atoms with E-state index in [2.05, 4.69) is 0 Å². The second kappa shape index (κ2) is 4.99.